The second-order valence-corrected chi connectivity index (χ2v) is 6.96. The van der Waals surface area contributed by atoms with E-state index in [9.17, 15) is 13.2 Å². The zero-order valence-corrected chi connectivity index (χ0v) is 12.8. The fourth-order valence-electron chi connectivity index (χ4n) is 1.55. The van der Waals surface area contributed by atoms with Crippen LogP contribution in [0, 0.1) is 0 Å². The van der Waals surface area contributed by atoms with Gasteiger partial charge in [-0.25, -0.2) is 13.2 Å². The normalized spacial score (nSPS) is 11.2. The number of sulfone groups is 1. The van der Waals surface area contributed by atoms with Crippen LogP contribution in [-0.4, -0.2) is 39.5 Å². The standard InChI is InChI=1S/C12H17ClN2O4S/c1-3-20(17,18)5-4-15-11-9(12(16)19-2)6-8(14)7-10(11)13/h6-7,15H,3-5,14H2,1-2H3. The number of rotatable bonds is 6. The van der Waals surface area contributed by atoms with Crippen molar-refractivity contribution in [1.29, 1.82) is 0 Å². The van der Waals surface area contributed by atoms with Crippen LogP contribution in [0.1, 0.15) is 17.3 Å². The second-order valence-electron chi connectivity index (χ2n) is 4.08. The van der Waals surface area contributed by atoms with Gasteiger partial charge >= 0.3 is 5.97 Å². The van der Waals surface area contributed by atoms with E-state index < -0.39 is 15.8 Å². The molecule has 6 nitrogen and oxygen atoms in total. The van der Waals surface area contributed by atoms with E-state index in [1.165, 1.54) is 19.2 Å². The summed E-state index contributed by atoms with van der Waals surface area (Å²) in [6.45, 7) is 1.72. The quantitative estimate of drug-likeness (QED) is 0.609. The van der Waals surface area contributed by atoms with Crippen LogP contribution in [0.15, 0.2) is 12.1 Å². The van der Waals surface area contributed by atoms with Gasteiger partial charge in [0.15, 0.2) is 9.84 Å². The maximum atomic E-state index is 11.7. The van der Waals surface area contributed by atoms with Crippen LogP contribution in [0.25, 0.3) is 0 Å². The smallest absolute Gasteiger partial charge is 0.340 e. The van der Waals surface area contributed by atoms with Crippen molar-refractivity contribution in [3.05, 3.63) is 22.7 Å². The number of nitrogens with one attached hydrogen (secondary N) is 1. The second kappa shape index (κ2) is 6.81. The number of methoxy groups -OCH3 is 1. The minimum atomic E-state index is -3.10. The van der Waals surface area contributed by atoms with E-state index in [2.05, 4.69) is 10.1 Å². The lowest BCUT2D eigenvalue weighted by Crippen LogP contribution is -2.19. The van der Waals surface area contributed by atoms with Gasteiger partial charge in [-0.3, -0.25) is 0 Å². The molecule has 0 radical (unpaired) electrons. The van der Waals surface area contributed by atoms with Crippen molar-refractivity contribution >= 4 is 38.8 Å². The first-order valence-electron chi connectivity index (χ1n) is 5.92. The molecule has 0 unspecified atom stereocenters. The SMILES string of the molecule is CCS(=O)(=O)CCNc1c(Cl)cc(N)cc1C(=O)OC. The molecule has 20 heavy (non-hydrogen) atoms. The van der Waals surface area contributed by atoms with Crippen molar-refractivity contribution in [2.75, 3.05) is 36.2 Å². The van der Waals surface area contributed by atoms with E-state index in [0.717, 1.165) is 0 Å². The number of nitrogen functional groups attached to an aromatic ring is 1. The number of esters is 1. The first-order chi connectivity index (χ1) is 9.30. The Kier molecular flexibility index (Phi) is 5.64. The summed E-state index contributed by atoms with van der Waals surface area (Å²) in [5.41, 5.74) is 6.44. The number of hydrogen-bond donors (Lipinski definition) is 2. The van der Waals surface area contributed by atoms with Crippen LogP contribution >= 0.6 is 11.6 Å². The molecule has 0 saturated heterocycles. The fraction of sp³-hybridized carbons (Fsp3) is 0.417. The van der Waals surface area contributed by atoms with Crippen molar-refractivity contribution in [2.45, 2.75) is 6.92 Å². The molecule has 0 saturated carbocycles. The molecule has 0 aliphatic carbocycles. The third-order valence-electron chi connectivity index (χ3n) is 2.67. The zero-order valence-electron chi connectivity index (χ0n) is 11.3. The highest BCUT2D eigenvalue weighted by atomic mass is 35.5. The molecule has 0 fully saturated rings. The van der Waals surface area contributed by atoms with E-state index in [1.807, 2.05) is 0 Å². The lowest BCUT2D eigenvalue weighted by Gasteiger charge is -2.13. The van der Waals surface area contributed by atoms with Crippen LogP contribution in [0.3, 0.4) is 0 Å². The highest BCUT2D eigenvalue weighted by molar-refractivity contribution is 7.91. The topological polar surface area (TPSA) is 98.5 Å². The van der Waals surface area contributed by atoms with Crippen LogP contribution in [0.5, 0.6) is 0 Å². The van der Waals surface area contributed by atoms with Gasteiger partial charge in [-0.1, -0.05) is 18.5 Å². The molecule has 0 amide bonds. The van der Waals surface area contributed by atoms with Gasteiger partial charge in [0, 0.05) is 18.0 Å². The summed E-state index contributed by atoms with van der Waals surface area (Å²) in [5, 5.41) is 3.08. The summed E-state index contributed by atoms with van der Waals surface area (Å²) < 4.78 is 27.5. The van der Waals surface area contributed by atoms with Crippen molar-refractivity contribution < 1.29 is 17.9 Å². The van der Waals surface area contributed by atoms with Gasteiger partial charge in [-0.2, -0.15) is 0 Å². The number of carbonyl (C=O) groups is 1. The van der Waals surface area contributed by atoms with E-state index in [-0.39, 0.29) is 28.6 Å². The van der Waals surface area contributed by atoms with E-state index in [1.54, 1.807) is 6.92 Å². The summed E-state index contributed by atoms with van der Waals surface area (Å²) >= 11 is 6.02. The molecular weight excluding hydrogens is 304 g/mol. The molecule has 8 heteroatoms. The van der Waals surface area contributed by atoms with Gasteiger partial charge in [-0.05, 0) is 12.1 Å². The molecule has 3 N–H and O–H groups in total. The third-order valence-corrected chi connectivity index (χ3v) is 4.68. The molecule has 0 atom stereocenters. The molecule has 1 aromatic rings. The van der Waals surface area contributed by atoms with Crippen molar-refractivity contribution in [3.63, 3.8) is 0 Å². The molecule has 0 aliphatic heterocycles. The Bertz CT molecular complexity index is 602. The number of nitrogens with two attached hydrogens (primary N) is 1. The lowest BCUT2D eigenvalue weighted by atomic mass is 10.1. The number of halogens is 1. The Morgan fingerprint density at radius 1 is 1.45 bits per heavy atom. The predicted molar refractivity (Wildman–Crippen MR) is 80.0 cm³/mol. The summed E-state index contributed by atoms with van der Waals surface area (Å²) in [5.74, 6) is -0.584. The number of anilines is 2. The predicted octanol–water partition coefficient (Wildman–Crippen LogP) is 1.56. The Morgan fingerprint density at radius 3 is 2.65 bits per heavy atom. The molecule has 0 aromatic heterocycles. The van der Waals surface area contributed by atoms with Gasteiger partial charge in [0.2, 0.25) is 0 Å². The Balaban J connectivity index is 2.97. The summed E-state index contributed by atoms with van der Waals surface area (Å²) in [7, 11) is -1.85. The summed E-state index contributed by atoms with van der Waals surface area (Å²) in [6, 6.07) is 2.90. The monoisotopic (exact) mass is 320 g/mol. The number of hydrogen-bond acceptors (Lipinski definition) is 6. The van der Waals surface area contributed by atoms with Gasteiger partial charge in [-0.15, -0.1) is 0 Å². The van der Waals surface area contributed by atoms with Crippen molar-refractivity contribution in [3.8, 4) is 0 Å². The molecule has 1 aromatic carbocycles. The van der Waals surface area contributed by atoms with Crippen molar-refractivity contribution in [1.82, 2.24) is 0 Å². The Hall–Kier alpha value is -1.47. The van der Waals surface area contributed by atoms with Gasteiger partial charge in [0.25, 0.3) is 0 Å². The fourth-order valence-corrected chi connectivity index (χ4v) is 2.55. The summed E-state index contributed by atoms with van der Waals surface area (Å²) in [4.78, 5) is 11.7. The van der Waals surface area contributed by atoms with Crippen LogP contribution in [0.4, 0.5) is 11.4 Å². The van der Waals surface area contributed by atoms with Crippen LogP contribution < -0.4 is 11.1 Å². The molecule has 0 spiro atoms. The molecule has 0 heterocycles. The van der Waals surface area contributed by atoms with Crippen LogP contribution in [0.2, 0.25) is 5.02 Å². The van der Waals surface area contributed by atoms with Gasteiger partial charge < -0.3 is 15.8 Å². The molecule has 1 rings (SSSR count). The van der Waals surface area contributed by atoms with E-state index in [0.29, 0.717) is 11.4 Å². The highest BCUT2D eigenvalue weighted by Crippen LogP contribution is 2.29. The number of benzene rings is 1. The third kappa shape index (κ3) is 4.28. The Labute approximate surface area is 123 Å². The van der Waals surface area contributed by atoms with Gasteiger partial charge in [0.1, 0.15) is 0 Å². The molecule has 0 bridgehead atoms. The van der Waals surface area contributed by atoms with E-state index in [4.69, 9.17) is 17.3 Å². The first-order valence-corrected chi connectivity index (χ1v) is 8.12. The number of ether oxygens (including phenoxy) is 1. The average Bonchev–Trinajstić information content (AvgIpc) is 2.39. The molecule has 0 aliphatic rings. The molecular formula is C12H17ClN2O4S. The maximum Gasteiger partial charge on any atom is 0.340 e. The zero-order chi connectivity index (χ0) is 15.3. The average molecular weight is 321 g/mol. The minimum Gasteiger partial charge on any atom is -0.465 e. The lowest BCUT2D eigenvalue weighted by molar-refractivity contribution is 0.0602. The van der Waals surface area contributed by atoms with Gasteiger partial charge in [0.05, 0.1) is 29.1 Å². The largest absolute Gasteiger partial charge is 0.465 e. The maximum absolute atomic E-state index is 11.7. The minimum absolute atomic E-state index is 0.0508. The number of carbonyl (C=O) groups excluding carboxylic acids is 1. The Morgan fingerprint density at radius 2 is 2.10 bits per heavy atom. The highest BCUT2D eigenvalue weighted by Gasteiger charge is 2.17. The molecule has 112 valence electrons. The van der Waals surface area contributed by atoms with Crippen molar-refractivity contribution in [2.24, 2.45) is 0 Å². The van der Waals surface area contributed by atoms with E-state index >= 15 is 0 Å². The summed E-state index contributed by atoms with van der Waals surface area (Å²) in [6.07, 6.45) is 0. The first kappa shape index (κ1) is 16.6. The van der Waals surface area contributed by atoms with Crippen LogP contribution in [-0.2, 0) is 14.6 Å².